The highest BCUT2D eigenvalue weighted by Crippen LogP contribution is 2.54. The average molecular weight is 366 g/mol. The molecule has 1 fully saturated rings. The summed E-state index contributed by atoms with van der Waals surface area (Å²) in [6.45, 7) is 2.15. The Kier molecular flexibility index (Phi) is 4.53. The van der Waals surface area contributed by atoms with E-state index in [2.05, 4.69) is 36.6 Å². The van der Waals surface area contributed by atoms with Crippen LogP contribution in [0, 0.1) is 0 Å². The molecule has 2 atom stereocenters. The smallest absolute Gasteiger partial charge is 0.166 e. The van der Waals surface area contributed by atoms with Crippen molar-refractivity contribution >= 4 is 23.6 Å². The highest BCUT2D eigenvalue weighted by molar-refractivity contribution is 8.02. The van der Waals surface area contributed by atoms with Gasteiger partial charge in [-0.25, -0.2) is 0 Å². The van der Waals surface area contributed by atoms with E-state index < -0.39 is 0 Å². The van der Waals surface area contributed by atoms with Gasteiger partial charge in [0, 0.05) is 28.7 Å². The first-order valence-electron chi connectivity index (χ1n) is 8.90. The molecule has 0 N–H and O–H groups in total. The summed E-state index contributed by atoms with van der Waals surface area (Å²) in [4.78, 5) is 13.4. The number of hydrogen-bond donors (Lipinski definition) is 0. The van der Waals surface area contributed by atoms with Crippen LogP contribution in [0.2, 0.25) is 0 Å². The van der Waals surface area contributed by atoms with Crippen molar-refractivity contribution in [3.63, 3.8) is 0 Å². The van der Waals surface area contributed by atoms with Crippen LogP contribution in [-0.2, 0) is 10.2 Å². The highest BCUT2D eigenvalue weighted by atomic mass is 32.2. The maximum absolute atomic E-state index is 12.2. The summed E-state index contributed by atoms with van der Waals surface area (Å²) in [6.07, 6.45) is 4.07. The molecule has 1 saturated carbocycles. The van der Waals surface area contributed by atoms with Gasteiger partial charge in [-0.15, -0.1) is 0 Å². The van der Waals surface area contributed by atoms with E-state index in [1.165, 1.54) is 4.90 Å². The highest BCUT2D eigenvalue weighted by Gasteiger charge is 2.51. The second-order valence-corrected chi connectivity index (χ2v) is 8.05. The fourth-order valence-corrected chi connectivity index (χ4v) is 4.76. The molecule has 1 aliphatic heterocycles. The SMILES string of the molecule is COc1ccc(/C=C/Sc2ccccc2)c2c1O[C@H]1CCC(=O)C[C@@]21C. The van der Waals surface area contributed by atoms with Crippen LogP contribution in [0.4, 0.5) is 0 Å². The minimum Gasteiger partial charge on any atom is -0.493 e. The molecule has 134 valence electrons. The van der Waals surface area contributed by atoms with Gasteiger partial charge in [-0.05, 0) is 41.7 Å². The van der Waals surface area contributed by atoms with Crippen LogP contribution in [0.3, 0.4) is 0 Å². The Hall–Kier alpha value is -2.20. The molecule has 1 aliphatic carbocycles. The van der Waals surface area contributed by atoms with Gasteiger partial charge in [0.2, 0.25) is 0 Å². The molecular formula is C22H22O3S. The van der Waals surface area contributed by atoms with E-state index in [0.717, 1.165) is 29.0 Å². The van der Waals surface area contributed by atoms with Gasteiger partial charge in [-0.2, -0.15) is 0 Å². The van der Waals surface area contributed by atoms with E-state index in [1.54, 1.807) is 18.9 Å². The number of methoxy groups -OCH3 is 1. The van der Waals surface area contributed by atoms with Crippen LogP contribution < -0.4 is 9.47 Å². The molecule has 2 aliphatic rings. The summed E-state index contributed by atoms with van der Waals surface area (Å²) in [5, 5.41) is 2.10. The predicted molar refractivity (Wildman–Crippen MR) is 105 cm³/mol. The van der Waals surface area contributed by atoms with Crippen LogP contribution in [0.25, 0.3) is 6.08 Å². The van der Waals surface area contributed by atoms with E-state index >= 15 is 0 Å². The summed E-state index contributed by atoms with van der Waals surface area (Å²) < 4.78 is 11.8. The fraction of sp³-hybridized carbons (Fsp3) is 0.318. The standard InChI is InChI=1S/C22H22O3S/c1-22-14-16(23)9-11-19(22)25-21-18(24-2)10-8-15(20(21)22)12-13-26-17-6-4-3-5-7-17/h3-8,10,12-13,19H,9,11,14H2,1-2H3/b13-12+/t19-,22+/m0/s1. The first-order valence-corrected chi connectivity index (χ1v) is 9.78. The Bertz CT molecular complexity index is 859. The van der Waals surface area contributed by atoms with E-state index in [4.69, 9.17) is 9.47 Å². The third kappa shape index (κ3) is 2.92. The maximum atomic E-state index is 12.2. The number of Topliss-reactive ketones (excluding diaryl/α,β-unsaturated/α-hetero) is 1. The molecule has 2 aromatic carbocycles. The van der Waals surface area contributed by atoms with Crippen molar-refractivity contribution in [2.24, 2.45) is 0 Å². The zero-order valence-corrected chi connectivity index (χ0v) is 15.8. The number of ether oxygens (including phenoxy) is 2. The van der Waals surface area contributed by atoms with Crippen molar-refractivity contribution in [1.29, 1.82) is 0 Å². The molecule has 1 heterocycles. The molecule has 0 aromatic heterocycles. The Balaban J connectivity index is 1.71. The van der Waals surface area contributed by atoms with Crippen LogP contribution in [0.5, 0.6) is 11.5 Å². The van der Waals surface area contributed by atoms with Crippen molar-refractivity contribution in [2.75, 3.05) is 7.11 Å². The van der Waals surface area contributed by atoms with Crippen molar-refractivity contribution in [3.05, 3.63) is 59.0 Å². The minimum atomic E-state index is -0.281. The molecule has 0 saturated heterocycles. The molecule has 2 aromatic rings. The van der Waals surface area contributed by atoms with Crippen LogP contribution >= 0.6 is 11.8 Å². The Morgan fingerprint density at radius 1 is 1.23 bits per heavy atom. The number of benzene rings is 2. The van der Waals surface area contributed by atoms with Gasteiger partial charge in [0.1, 0.15) is 11.9 Å². The third-order valence-electron chi connectivity index (χ3n) is 5.36. The molecule has 4 rings (SSSR count). The van der Waals surface area contributed by atoms with Gasteiger partial charge >= 0.3 is 0 Å². The largest absolute Gasteiger partial charge is 0.493 e. The van der Waals surface area contributed by atoms with Gasteiger partial charge in [-0.3, -0.25) is 4.79 Å². The van der Waals surface area contributed by atoms with Gasteiger partial charge in [0.05, 0.1) is 7.11 Å². The molecule has 0 unspecified atom stereocenters. The molecule has 0 spiro atoms. The van der Waals surface area contributed by atoms with E-state index in [-0.39, 0.29) is 11.5 Å². The Labute approximate surface area is 158 Å². The quantitative estimate of drug-likeness (QED) is 0.694. The molecule has 3 nitrogen and oxygen atoms in total. The summed E-state index contributed by atoms with van der Waals surface area (Å²) in [6, 6.07) is 14.3. The lowest BCUT2D eigenvalue weighted by Crippen LogP contribution is -2.41. The number of carbonyl (C=O) groups is 1. The average Bonchev–Trinajstić information content (AvgIpc) is 2.95. The van der Waals surface area contributed by atoms with Crippen LogP contribution in [-0.4, -0.2) is 19.0 Å². The third-order valence-corrected chi connectivity index (χ3v) is 6.18. The maximum Gasteiger partial charge on any atom is 0.166 e. The lowest BCUT2D eigenvalue weighted by molar-refractivity contribution is -0.123. The number of rotatable bonds is 4. The molecule has 0 radical (unpaired) electrons. The molecule has 4 heteroatoms. The van der Waals surface area contributed by atoms with Gasteiger partial charge in [0.15, 0.2) is 11.5 Å². The van der Waals surface area contributed by atoms with Crippen LogP contribution in [0.1, 0.15) is 37.3 Å². The van der Waals surface area contributed by atoms with Gasteiger partial charge in [0.25, 0.3) is 0 Å². The minimum absolute atomic E-state index is 0.0421. The predicted octanol–water partition coefficient (Wildman–Crippen LogP) is 5.23. The van der Waals surface area contributed by atoms with E-state index in [1.807, 2.05) is 24.3 Å². The number of ketones is 1. The molecule has 26 heavy (non-hydrogen) atoms. The normalized spacial score (nSPS) is 24.2. The van der Waals surface area contributed by atoms with Crippen molar-refractivity contribution < 1.29 is 14.3 Å². The topological polar surface area (TPSA) is 35.5 Å². The summed E-state index contributed by atoms with van der Waals surface area (Å²) in [5.74, 6) is 1.87. The summed E-state index contributed by atoms with van der Waals surface area (Å²) in [5.41, 5.74) is 1.93. The zero-order chi connectivity index (χ0) is 18.1. The number of hydrogen-bond acceptors (Lipinski definition) is 4. The second-order valence-electron chi connectivity index (χ2n) is 7.07. The lowest BCUT2D eigenvalue weighted by atomic mass is 9.68. The van der Waals surface area contributed by atoms with E-state index in [0.29, 0.717) is 18.6 Å². The first kappa shape index (κ1) is 17.2. The fourth-order valence-electron chi connectivity index (χ4n) is 4.07. The van der Waals surface area contributed by atoms with Gasteiger partial charge in [-0.1, -0.05) is 43.0 Å². The number of carbonyl (C=O) groups excluding carboxylic acids is 1. The Morgan fingerprint density at radius 2 is 2.04 bits per heavy atom. The zero-order valence-electron chi connectivity index (χ0n) is 15.0. The molecule has 0 amide bonds. The lowest BCUT2D eigenvalue weighted by Gasteiger charge is -2.34. The summed E-state index contributed by atoms with van der Waals surface area (Å²) >= 11 is 1.68. The number of thioether (sulfide) groups is 1. The first-order chi connectivity index (χ1) is 12.6. The monoisotopic (exact) mass is 366 g/mol. The Morgan fingerprint density at radius 3 is 2.81 bits per heavy atom. The molecule has 0 bridgehead atoms. The summed E-state index contributed by atoms with van der Waals surface area (Å²) in [7, 11) is 1.66. The number of fused-ring (bicyclic) bond motifs is 3. The van der Waals surface area contributed by atoms with Crippen molar-refractivity contribution in [3.8, 4) is 11.5 Å². The van der Waals surface area contributed by atoms with E-state index in [9.17, 15) is 4.79 Å². The van der Waals surface area contributed by atoms with Crippen molar-refractivity contribution in [1.82, 2.24) is 0 Å². The van der Waals surface area contributed by atoms with Crippen LogP contribution in [0.15, 0.2) is 52.8 Å². The second kappa shape index (κ2) is 6.84. The van der Waals surface area contributed by atoms with Crippen molar-refractivity contribution in [2.45, 2.75) is 42.6 Å². The van der Waals surface area contributed by atoms with Gasteiger partial charge < -0.3 is 9.47 Å². The molecular weight excluding hydrogens is 344 g/mol.